The van der Waals surface area contributed by atoms with Crippen molar-refractivity contribution in [1.29, 1.82) is 0 Å². The smallest absolute Gasteiger partial charge is 0.231 e. The minimum atomic E-state index is -0.111. The molecular formula is C18H22N4O2. The van der Waals surface area contributed by atoms with Gasteiger partial charge in [0.15, 0.2) is 11.6 Å². The van der Waals surface area contributed by atoms with Crippen LogP contribution in [0.2, 0.25) is 0 Å². The number of anilines is 2. The van der Waals surface area contributed by atoms with Gasteiger partial charge in [0.05, 0.1) is 29.7 Å². The number of benzene rings is 1. The van der Waals surface area contributed by atoms with Gasteiger partial charge in [-0.05, 0) is 38.3 Å². The molecule has 6 nitrogen and oxygen atoms in total. The van der Waals surface area contributed by atoms with Crippen LogP contribution >= 0.6 is 0 Å². The van der Waals surface area contributed by atoms with Crippen LogP contribution in [-0.4, -0.2) is 41.7 Å². The zero-order valence-electron chi connectivity index (χ0n) is 13.9. The second kappa shape index (κ2) is 6.36. The van der Waals surface area contributed by atoms with E-state index in [0.29, 0.717) is 12.4 Å². The van der Waals surface area contributed by atoms with Crippen molar-refractivity contribution in [3.05, 3.63) is 24.3 Å². The fraction of sp³-hybridized carbons (Fsp3) is 0.500. The molecule has 2 saturated heterocycles. The first-order valence-electron chi connectivity index (χ1n) is 8.65. The molecule has 0 saturated carbocycles. The van der Waals surface area contributed by atoms with Crippen LogP contribution in [0.3, 0.4) is 0 Å². The molecule has 6 heteroatoms. The Morgan fingerprint density at radius 3 is 2.58 bits per heavy atom. The van der Waals surface area contributed by atoms with Gasteiger partial charge < -0.3 is 15.0 Å². The Hall–Kier alpha value is -2.21. The number of nitrogens with zero attached hydrogens (tertiary/aromatic N) is 3. The van der Waals surface area contributed by atoms with E-state index in [1.165, 1.54) is 0 Å². The van der Waals surface area contributed by atoms with Crippen molar-refractivity contribution in [3.63, 3.8) is 0 Å². The number of para-hydroxylation sites is 2. The van der Waals surface area contributed by atoms with Gasteiger partial charge >= 0.3 is 0 Å². The maximum atomic E-state index is 12.6. The number of rotatable bonds is 3. The van der Waals surface area contributed by atoms with Gasteiger partial charge in [-0.2, -0.15) is 0 Å². The van der Waals surface area contributed by atoms with Crippen molar-refractivity contribution < 1.29 is 9.53 Å². The highest BCUT2D eigenvalue weighted by atomic mass is 16.5. The van der Waals surface area contributed by atoms with E-state index in [9.17, 15) is 4.79 Å². The predicted molar refractivity (Wildman–Crippen MR) is 93.1 cm³/mol. The summed E-state index contributed by atoms with van der Waals surface area (Å²) in [4.78, 5) is 24.2. The molecule has 2 aliphatic heterocycles. The van der Waals surface area contributed by atoms with Gasteiger partial charge in [0, 0.05) is 13.1 Å². The van der Waals surface area contributed by atoms with Crippen molar-refractivity contribution in [1.82, 2.24) is 9.97 Å². The van der Waals surface area contributed by atoms with Crippen LogP contribution in [0.25, 0.3) is 11.0 Å². The third-order valence-corrected chi connectivity index (χ3v) is 4.77. The highest BCUT2D eigenvalue weighted by Gasteiger charge is 2.30. The third kappa shape index (κ3) is 2.94. The van der Waals surface area contributed by atoms with Gasteiger partial charge in [-0.1, -0.05) is 12.1 Å². The summed E-state index contributed by atoms with van der Waals surface area (Å²) in [5.74, 6) is 1.22. The minimum absolute atomic E-state index is 0.0237. The number of aromatic nitrogens is 2. The van der Waals surface area contributed by atoms with Crippen LogP contribution in [0.5, 0.6) is 0 Å². The molecule has 24 heavy (non-hydrogen) atoms. The molecule has 0 unspecified atom stereocenters. The number of hydrogen-bond acceptors (Lipinski definition) is 5. The first-order chi connectivity index (χ1) is 11.7. The van der Waals surface area contributed by atoms with Crippen molar-refractivity contribution in [2.45, 2.75) is 32.3 Å². The molecule has 4 rings (SSSR count). The number of ether oxygens (including phenoxy) is 1. The van der Waals surface area contributed by atoms with Gasteiger partial charge in [0.1, 0.15) is 0 Å². The molecule has 0 aliphatic carbocycles. The number of carbonyl (C=O) groups excluding carboxylic acids is 1. The van der Waals surface area contributed by atoms with Crippen LogP contribution in [0.1, 0.15) is 26.2 Å². The minimum Gasteiger partial charge on any atom is -0.378 e. The topological polar surface area (TPSA) is 67.4 Å². The van der Waals surface area contributed by atoms with E-state index in [4.69, 9.17) is 9.72 Å². The highest BCUT2D eigenvalue weighted by molar-refractivity contribution is 5.95. The lowest BCUT2D eigenvalue weighted by atomic mass is 10.1. The van der Waals surface area contributed by atoms with Crippen molar-refractivity contribution in [3.8, 4) is 0 Å². The number of hydrogen-bond donors (Lipinski definition) is 1. The Morgan fingerprint density at radius 2 is 1.92 bits per heavy atom. The largest absolute Gasteiger partial charge is 0.378 e. The van der Waals surface area contributed by atoms with E-state index in [0.717, 1.165) is 49.2 Å². The summed E-state index contributed by atoms with van der Waals surface area (Å²) in [5, 5.41) is 3.01. The van der Waals surface area contributed by atoms with E-state index < -0.39 is 0 Å². The lowest BCUT2D eigenvalue weighted by molar-refractivity contribution is -0.119. The second-order valence-electron chi connectivity index (χ2n) is 6.64. The predicted octanol–water partition coefficient (Wildman–Crippen LogP) is 2.59. The van der Waals surface area contributed by atoms with Crippen molar-refractivity contribution in [2.24, 2.45) is 5.92 Å². The third-order valence-electron chi connectivity index (χ3n) is 4.77. The Labute approximate surface area is 141 Å². The molecule has 1 N–H and O–H groups in total. The highest BCUT2D eigenvalue weighted by Crippen LogP contribution is 2.29. The summed E-state index contributed by atoms with van der Waals surface area (Å²) < 4.78 is 5.52. The lowest BCUT2D eigenvalue weighted by Crippen LogP contribution is -2.27. The summed E-state index contributed by atoms with van der Waals surface area (Å²) >= 11 is 0. The molecule has 0 spiro atoms. The van der Waals surface area contributed by atoms with Crippen molar-refractivity contribution in [2.75, 3.05) is 29.9 Å². The normalized spacial score (nSPS) is 23.8. The average molecular weight is 326 g/mol. The van der Waals surface area contributed by atoms with E-state index in [-0.39, 0.29) is 17.9 Å². The van der Waals surface area contributed by atoms with E-state index in [2.05, 4.69) is 15.2 Å². The zero-order chi connectivity index (χ0) is 16.5. The van der Waals surface area contributed by atoms with Gasteiger partial charge in [0.2, 0.25) is 5.91 Å². The summed E-state index contributed by atoms with van der Waals surface area (Å²) in [6.07, 6.45) is 3.19. The molecule has 126 valence electrons. The summed E-state index contributed by atoms with van der Waals surface area (Å²) in [7, 11) is 0. The molecule has 2 aromatic rings. The molecule has 3 heterocycles. The second-order valence-corrected chi connectivity index (χ2v) is 6.64. The van der Waals surface area contributed by atoms with Crippen LogP contribution in [-0.2, 0) is 9.53 Å². The molecule has 2 fully saturated rings. The Kier molecular flexibility index (Phi) is 4.06. The average Bonchev–Trinajstić information content (AvgIpc) is 3.26. The van der Waals surface area contributed by atoms with Crippen LogP contribution in [0, 0.1) is 5.92 Å². The zero-order valence-corrected chi connectivity index (χ0v) is 13.9. The first kappa shape index (κ1) is 15.3. The number of amides is 1. The van der Waals surface area contributed by atoms with Gasteiger partial charge in [-0.25, -0.2) is 9.97 Å². The van der Waals surface area contributed by atoms with E-state index in [1.54, 1.807) is 0 Å². The molecule has 0 bridgehead atoms. The van der Waals surface area contributed by atoms with Gasteiger partial charge in [0.25, 0.3) is 0 Å². The fourth-order valence-electron chi connectivity index (χ4n) is 3.44. The van der Waals surface area contributed by atoms with Crippen LogP contribution in [0.4, 0.5) is 11.6 Å². The molecule has 2 aliphatic rings. The lowest BCUT2D eigenvalue weighted by Gasteiger charge is -2.20. The Bertz CT molecular complexity index is 758. The number of fused-ring (bicyclic) bond motifs is 1. The quantitative estimate of drug-likeness (QED) is 0.939. The van der Waals surface area contributed by atoms with Gasteiger partial charge in [-0.15, -0.1) is 0 Å². The Balaban J connectivity index is 1.66. The summed E-state index contributed by atoms with van der Waals surface area (Å²) in [5.41, 5.74) is 1.65. The summed E-state index contributed by atoms with van der Waals surface area (Å²) in [6, 6.07) is 7.78. The monoisotopic (exact) mass is 326 g/mol. The van der Waals surface area contributed by atoms with Gasteiger partial charge in [-0.3, -0.25) is 4.79 Å². The van der Waals surface area contributed by atoms with Crippen molar-refractivity contribution >= 4 is 28.6 Å². The molecule has 0 radical (unpaired) electrons. The van der Waals surface area contributed by atoms with E-state index >= 15 is 0 Å². The number of nitrogens with one attached hydrogen (secondary N) is 1. The van der Waals surface area contributed by atoms with Crippen LogP contribution in [0.15, 0.2) is 24.3 Å². The van der Waals surface area contributed by atoms with Crippen LogP contribution < -0.4 is 10.2 Å². The molecule has 1 aromatic carbocycles. The summed E-state index contributed by atoms with van der Waals surface area (Å²) in [6.45, 7) is 4.39. The molecule has 2 atom stereocenters. The standard InChI is InChI=1S/C18H22N4O2/c1-12-10-13(11-24-12)18(23)21-16-17(22-8-4-5-9-22)20-15-7-3-2-6-14(15)19-16/h2-3,6-7,12-13H,4-5,8-11H2,1H3,(H,19,21,23)/t12-,13+/m0/s1. The molecular weight excluding hydrogens is 304 g/mol. The maximum absolute atomic E-state index is 12.6. The SMILES string of the molecule is C[C@H]1C[C@@H](C(=O)Nc2nc3ccccc3nc2N2CCCC2)CO1. The Morgan fingerprint density at radius 1 is 1.21 bits per heavy atom. The fourth-order valence-corrected chi connectivity index (χ4v) is 3.44. The molecule has 1 aromatic heterocycles. The maximum Gasteiger partial charge on any atom is 0.231 e. The van der Waals surface area contributed by atoms with E-state index in [1.807, 2.05) is 31.2 Å². The molecule has 1 amide bonds. The first-order valence-corrected chi connectivity index (χ1v) is 8.65. The number of carbonyl (C=O) groups is 1.